The molecule has 0 aliphatic rings. The van der Waals surface area contributed by atoms with E-state index in [0.717, 1.165) is 12.3 Å². The van der Waals surface area contributed by atoms with Crippen molar-refractivity contribution < 1.29 is 16.8 Å². The highest BCUT2D eigenvalue weighted by Gasteiger charge is 2.19. The van der Waals surface area contributed by atoms with Crippen molar-refractivity contribution >= 4 is 25.5 Å². The van der Waals surface area contributed by atoms with E-state index in [0.29, 0.717) is 12.2 Å². The van der Waals surface area contributed by atoms with Crippen LogP contribution in [0.2, 0.25) is 0 Å². The van der Waals surface area contributed by atoms with Crippen molar-refractivity contribution in [2.75, 3.05) is 25.2 Å². The van der Waals surface area contributed by atoms with Crippen LogP contribution in [0.1, 0.15) is 6.92 Å². The van der Waals surface area contributed by atoms with E-state index in [-0.39, 0.29) is 9.79 Å². The molecule has 1 aromatic rings. The number of hydrogen-bond donors (Lipinski definition) is 2. The highest BCUT2D eigenvalue weighted by Crippen LogP contribution is 2.24. The second-order valence-corrected chi connectivity index (χ2v) is 7.54. The molecule has 0 unspecified atom stereocenters. The van der Waals surface area contributed by atoms with Crippen molar-refractivity contribution in [3.63, 3.8) is 0 Å². The van der Waals surface area contributed by atoms with Crippen LogP contribution < -0.4 is 10.0 Å². The molecular weight excluding hydrogens is 276 g/mol. The first-order chi connectivity index (χ1) is 8.22. The molecule has 102 valence electrons. The number of hydrogen-bond acceptors (Lipinski definition) is 5. The minimum Gasteiger partial charge on any atom is -0.384 e. The first-order valence-electron chi connectivity index (χ1n) is 5.24. The molecule has 1 rings (SSSR count). The molecule has 18 heavy (non-hydrogen) atoms. The van der Waals surface area contributed by atoms with E-state index in [1.165, 1.54) is 19.2 Å². The molecule has 0 spiro atoms. The van der Waals surface area contributed by atoms with Crippen LogP contribution in [-0.2, 0) is 19.9 Å². The van der Waals surface area contributed by atoms with Gasteiger partial charge in [-0.05, 0) is 32.2 Å². The zero-order valence-electron chi connectivity index (χ0n) is 10.4. The van der Waals surface area contributed by atoms with Crippen LogP contribution in [0, 0.1) is 0 Å². The summed E-state index contributed by atoms with van der Waals surface area (Å²) in [6, 6.07) is 3.98. The smallest absolute Gasteiger partial charge is 0.242 e. The Labute approximate surface area is 107 Å². The van der Waals surface area contributed by atoms with Crippen LogP contribution in [0.5, 0.6) is 0 Å². The lowest BCUT2D eigenvalue weighted by Crippen LogP contribution is -2.20. The normalized spacial score (nSPS) is 12.4. The molecule has 0 fully saturated rings. The fourth-order valence-electron chi connectivity index (χ4n) is 1.40. The molecule has 8 heteroatoms. The van der Waals surface area contributed by atoms with Crippen molar-refractivity contribution in [2.45, 2.75) is 16.7 Å². The lowest BCUT2D eigenvalue weighted by Gasteiger charge is -2.12. The average molecular weight is 292 g/mol. The molecule has 0 aliphatic carbocycles. The van der Waals surface area contributed by atoms with E-state index >= 15 is 0 Å². The maximum Gasteiger partial charge on any atom is 0.242 e. The van der Waals surface area contributed by atoms with Gasteiger partial charge in [0.05, 0.1) is 10.6 Å². The summed E-state index contributed by atoms with van der Waals surface area (Å²) in [7, 11) is -5.88. The fraction of sp³-hybridized carbons (Fsp3) is 0.400. The fourth-order valence-corrected chi connectivity index (χ4v) is 3.06. The van der Waals surface area contributed by atoms with Gasteiger partial charge in [0, 0.05) is 12.8 Å². The Bertz CT molecular complexity index is 636. The zero-order valence-corrected chi connectivity index (χ0v) is 12.0. The van der Waals surface area contributed by atoms with Gasteiger partial charge >= 0.3 is 0 Å². The predicted molar refractivity (Wildman–Crippen MR) is 70.0 cm³/mol. The van der Waals surface area contributed by atoms with Gasteiger partial charge in [-0.3, -0.25) is 0 Å². The second-order valence-electron chi connectivity index (χ2n) is 3.67. The summed E-state index contributed by atoms with van der Waals surface area (Å²) >= 11 is 0. The van der Waals surface area contributed by atoms with Gasteiger partial charge in [0.2, 0.25) is 10.0 Å². The molecule has 2 N–H and O–H groups in total. The second kappa shape index (κ2) is 5.25. The summed E-state index contributed by atoms with van der Waals surface area (Å²) in [5.41, 5.74) is 0.374. The van der Waals surface area contributed by atoms with Gasteiger partial charge in [0.1, 0.15) is 4.90 Å². The Balaban J connectivity index is 3.53. The van der Waals surface area contributed by atoms with Crippen molar-refractivity contribution in [3.8, 4) is 0 Å². The van der Waals surface area contributed by atoms with E-state index in [1.54, 1.807) is 0 Å². The molecule has 0 atom stereocenters. The van der Waals surface area contributed by atoms with E-state index in [2.05, 4.69) is 10.0 Å². The number of anilines is 1. The monoisotopic (exact) mass is 292 g/mol. The Morgan fingerprint density at radius 1 is 1.17 bits per heavy atom. The molecule has 0 bridgehead atoms. The average Bonchev–Trinajstić information content (AvgIpc) is 2.28. The van der Waals surface area contributed by atoms with Crippen LogP contribution in [0.15, 0.2) is 28.0 Å². The Morgan fingerprint density at radius 3 is 2.22 bits per heavy atom. The highest BCUT2D eigenvalue weighted by molar-refractivity contribution is 7.91. The first-order valence-corrected chi connectivity index (χ1v) is 8.61. The van der Waals surface area contributed by atoms with Gasteiger partial charge in [0.15, 0.2) is 9.84 Å². The molecule has 0 amide bonds. The lowest BCUT2D eigenvalue weighted by atomic mass is 10.3. The Kier molecular flexibility index (Phi) is 4.36. The van der Waals surface area contributed by atoms with E-state index in [4.69, 9.17) is 0 Å². The molecule has 0 radical (unpaired) electrons. The quantitative estimate of drug-likeness (QED) is 0.821. The SMILES string of the molecule is CCNc1ccc(S(C)(=O)=O)cc1S(=O)(=O)NC. The largest absolute Gasteiger partial charge is 0.384 e. The number of benzene rings is 1. The maximum absolute atomic E-state index is 11.8. The molecule has 0 aromatic heterocycles. The van der Waals surface area contributed by atoms with Gasteiger partial charge in [-0.25, -0.2) is 21.6 Å². The topological polar surface area (TPSA) is 92.3 Å². The molecular formula is C10H16N2O4S2. The highest BCUT2D eigenvalue weighted by atomic mass is 32.2. The van der Waals surface area contributed by atoms with E-state index < -0.39 is 19.9 Å². The predicted octanol–water partition coefficient (Wildman–Crippen LogP) is 0.430. The summed E-state index contributed by atoms with van der Waals surface area (Å²) < 4.78 is 48.7. The number of sulfone groups is 1. The number of nitrogens with one attached hydrogen (secondary N) is 2. The standard InChI is InChI=1S/C10H16N2O4S2/c1-4-12-9-6-5-8(17(3,13)14)7-10(9)18(15,16)11-2/h5-7,11-12H,4H2,1-3H3. The van der Waals surface area contributed by atoms with Crippen LogP contribution in [-0.4, -0.2) is 36.7 Å². The minimum absolute atomic E-state index is 0.0296. The van der Waals surface area contributed by atoms with Gasteiger partial charge in [-0.15, -0.1) is 0 Å². The molecule has 0 saturated heterocycles. The lowest BCUT2D eigenvalue weighted by molar-refractivity contribution is 0.588. The molecule has 1 aromatic carbocycles. The van der Waals surface area contributed by atoms with Crippen molar-refractivity contribution in [1.29, 1.82) is 0 Å². The molecule has 0 heterocycles. The third-order valence-corrected chi connectivity index (χ3v) is 4.87. The zero-order chi connectivity index (χ0) is 14.0. The van der Waals surface area contributed by atoms with Gasteiger partial charge < -0.3 is 5.32 Å². The van der Waals surface area contributed by atoms with Gasteiger partial charge in [-0.2, -0.15) is 0 Å². The third kappa shape index (κ3) is 3.21. The summed E-state index contributed by atoms with van der Waals surface area (Å²) in [6.07, 6.45) is 1.03. The van der Waals surface area contributed by atoms with Crippen molar-refractivity contribution in [3.05, 3.63) is 18.2 Å². The summed E-state index contributed by atoms with van der Waals surface area (Å²) in [4.78, 5) is -0.104. The Hall–Kier alpha value is -1.12. The summed E-state index contributed by atoms with van der Waals surface area (Å²) in [6.45, 7) is 2.35. The van der Waals surface area contributed by atoms with E-state index in [1.807, 2.05) is 6.92 Å². The van der Waals surface area contributed by atoms with Crippen molar-refractivity contribution in [1.82, 2.24) is 4.72 Å². The van der Waals surface area contributed by atoms with Crippen molar-refractivity contribution in [2.24, 2.45) is 0 Å². The number of sulfonamides is 1. The molecule has 0 aliphatic heterocycles. The Morgan fingerprint density at radius 2 is 1.78 bits per heavy atom. The summed E-state index contributed by atoms with van der Waals surface area (Å²) in [5.74, 6) is 0. The maximum atomic E-state index is 11.8. The minimum atomic E-state index is -3.71. The first kappa shape index (κ1) is 14.9. The molecule has 0 saturated carbocycles. The van der Waals surface area contributed by atoms with Gasteiger partial charge in [-0.1, -0.05) is 0 Å². The molecule has 6 nitrogen and oxygen atoms in total. The van der Waals surface area contributed by atoms with Gasteiger partial charge in [0.25, 0.3) is 0 Å². The number of rotatable bonds is 5. The summed E-state index contributed by atoms with van der Waals surface area (Å²) in [5, 5.41) is 2.88. The van der Waals surface area contributed by atoms with Crippen LogP contribution >= 0.6 is 0 Å². The van der Waals surface area contributed by atoms with Crippen LogP contribution in [0.3, 0.4) is 0 Å². The third-order valence-electron chi connectivity index (χ3n) is 2.31. The van der Waals surface area contributed by atoms with E-state index in [9.17, 15) is 16.8 Å². The van der Waals surface area contributed by atoms with Crippen LogP contribution in [0.4, 0.5) is 5.69 Å². The van der Waals surface area contributed by atoms with Crippen LogP contribution in [0.25, 0.3) is 0 Å².